The molecule has 0 aliphatic carbocycles. The van der Waals surface area contributed by atoms with E-state index in [0.29, 0.717) is 25.6 Å². The number of likely N-dealkylation sites (N-methyl/N-ethyl adjacent to an activating group) is 1. The fourth-order valence-corrected chi connectivity index (χ4v) is 1.66. The van der Waals surface area contributed by atoms with Gasteiger partial charge in [0, 0.05) is 19.6 Å². The van der Waals surface area contributed by atoms with Crippen molar-refractivity contribution in [2.75, 3.05) is 33.7 Å². The summed E-state index contributed by atoms with van der Waals surface area (Å²) in [4.78, 5) is 13.6. The number of hydrogen-bond donors (Lipinski definition) is 3. The molecule has 0 aromatic heterocycles. The smallest absolute Gasteiger partial charge is 0.236 e. The first kappa shape index (κ1) is 17.4. The molecular weight excluding hydrogens is 230 g/mol. The minimum Gasteiger partial charge on any atom is -0.388 e. The number of nitrogens with zero attached hydrogens (tertiary/aromatic N) is 1. The zero-order valence-corrected chi connectivity index (χ0v) is 12.6. The molecular formula is C13H29N3O2. The zero-order valence-electron chi connectivity index (χ0n) is 12.6. The summed E-state index contributed by atoms with van der Waals surface area (Å²) >= 11 is 0. The van der Waals surface area contributed by atoms with E-state index < -0.39 is 5.60 Å². The van der Waals surface area contributed by atoms with Crippen LogP contribution in [0.3, 0.4) is 0 Å². The quantitative estimate of drug-likeness (QED) is 0.576. The molecule has 18 heavy (non-hydrogen) atoms. The van der Waals surface area contributed by atoms with E-state index in [4.69, 9.17) is 0 Å². The molecule has 108 valence electrons. The van der Waals surface area contributed by atoms with E-state index in [-0.39, 0.29) is 11.9 Å². The van der Waals surface area contributed by atoms with Crippen LogP contribution in [0.2, 0.25) is 0 Å². The van der Waals surface area contributed by atoms with Crippen molar-refractivity contribution in [2.45, 2.75) is 39.3 Å². The Morgan fingerprint density at radius 1 is 1.33 bits per heavy atom. The average Bonchev–Trinajstić information content (AvgIpc) is 2.20. The standard InChI is InChI=1S/C13H29N3O2/c1-10(2)7-14-12(17)11(3)15-8-13(4,18)9-16(5)6/h10-11,15,18H,7-9H2,1-6H3,(H,14,17). The maximum Gasteiger partial charge on any atom is 0.236 e. The third kappa shape index (κ3) is 8.44. The molecule has 0 saturated carbocycles. The van der Waals surface area contributed by atoms with Crippen molar-refractivity contribution in [1.82, 2.24) is 15.5 Å². The number of carbonyl (C=O) groups excluding carboxylic acids is 1. The van der Waals surface area contributed by atoms with Crippen LogP contribution in [0.1, 0.15) is 27.7 Å². The lowest BCUT2D eigenvalue weighted by Gasteiger charge is -2.28. The molecule has 2 atom stereocenters. The highest BCUT2D eigenvalue weighted by Crippen LogP contribution is 2.03. The predicted molar refractivity (Wildman–Crippen MR) is 74.5 cm³/mol. The summed E-state index contributed by atoms with van der Waals surface area (Å²) in [6, 6.07) is -0.294. The maximum atomic E-state index is 11.7. The van der Waals surface area contributed by atoms with Crippen molar-refractivity contribution in [1.29, 1.82) is 0 Å². The van der Waals surface area contributed by atoms with Gasteiger partial charge in [-0.15, -0.1) is 0 Å². The lowest BCUT2D eigenvalue weighted by molar-refractivity contribution is -0.123. The number of hydrogen-bond acceptors (Lipinski definition) is 4. The maximum absolute atomic E-state index is 11.7. The number of aliphatic hydroxyl groups is 1. The van der Waals surface area contributed by atoms with Crippen molar-refractivity contribution in [3.05, 3.63) is 0 Å². The molecule has 2 unspecified atom stereocenters. The third-order valence-corrected chi connectivity index (χ3v) is 2.52. The van der Waals surface area contributed by atoms with E-state index in [1.807, 2.05) is 19.0 Å². The monoisotopic (exact) mass is 259 g/mol. The van der Waals surface area contributed by atoms with E-state index in [1.54, 1.807) is 13.8 Å². The van der Waals surface area contributed by atoms with Gasteiger partial charge in [-0.2, -0.15) is 0 Å². The molecule has 0 aromatic carbocycles. The molecule has 0 saturated heterocycles. The normalized spacial score (nSPS) is 16.7. The number of rotatable bonds is 8. The molecule has 0 fully saturated rings. The zero-order chi connectivity index (χ0) is 14.3. The van der Waals surface area contributed by atoms with Gasteiger partial charge in [0.25, 0.3) is 0 Å². The van der Waals surface area contributed by atoms with E-state index in [9.17, 15) is 9.90 Å². The van der Waals surface area contributed by atoms with Crippen molar-refractivity contribution < 1.29 is 9.90 Å². The number of nitrogens with one attached hydrogen (secondary N) is 2. The van der Waals surface area contributed by atoms with Crippen LogP contribution < -0.4 is 10.6 Å². The number of amides is 1. The first-order valence-electron chi connectivity index (χ1n) is 6.52. The Kier molecular flexibility index (Phi) is 7.43. The fraction of sp³-hybridized carbons (Fsp3) is 0.923. The summed E-state index contributed by atoms with van der Waals surface area (Å²) in [6.07, 6.45) is 0. The summed E-state index contributed by atoms with van der Waals surface area (Å²) in [5.41, 5.74) is -0.837. The third-order valence-electron chi connectivity index (χ3n) is 2.52. The van der Waals surface area contributed by atoms with Gasteiger partial charge in [0.05, 0.1) is 11.6 Å². The molecule has 5 nitrogen and oxygen atoms in total. The first-order valence-corrected chi connectivity index (χ1v) is 6.52. The van der Waals surface area contributed by atoms with Crippen molar-refractivity contribution in [3.8, 4) is 0 Å². The minimum atomic E-state index is -0.837. The second-order valence-corrected chi connectivity index (χ2v) is 5.98. The van der Waals surface area contributed by atoms with Gasteiger partial charge in [-0.05, 0) is 33.9 Å². The van der Waals surface area contributed by atoms with Gasteiger partial charge in [-0.1, -0.05) is 13.8 Å². The van der Waals surface area contributed by atoms with Crippen LogP contribution >= 0.6 is 0 Å². The largest absolute Gasteiger partial charge is 0.388 e. The van der Waals surface area contributed by atoms with Crippen LogP contribution in [0.25, 0.3) is 0 Å². The van der Waals surface area contributed by atoms with E-state index >= 15 is 0 Å². The molecule has 0 radical (unpaired) electrons. The van der Waals surface area contributed by atoms with Crippen LogP contribution in [0.15, 0.2) is 0 Å². The Hall–Kier alpha value is -0.650. The fourth-order valence-electron chi connectivity index (χ4n) is 1.66. The van der Waals surface area contributed by atoms with Crippen molar-refractivity contribution in [2.24, 2.45) is 5.92 Å². The Morgan fingerprint density at radius 2 is 1.89 bits per heavy atom. The first-order chi connectivity index (χ1) is 8.14. The van der Waals surface area contributed by atoms with Crippen LogP contribution in [-0.4, -0.2) is 61.3 Å². The van der Waals surface area contributed by atoms with Gasteiger partial charge in [0.15, 0.2) is 0 Å². The molecule has 3 N–H and O–H groups in total. The second-order valence-electron chi connectivity index (χ2n) is 5.98. The van der Waals surface area contributed by atoms with Gasteiger partial charge in [-0.25, -0.2) is 0 Å². The van der Waals surface area contributed by atoms with Gasteiger partial charge in [0.2, 0.25) is 5.91 Å². The lowest BCUT2D eigenvalue weighted by Crippen LogP contribution is -2.51. The highest BCUT2D eigenvalue weighted by atomic mass is 16.3. The summed E-state index contributed by atoms with van der Waals surface area (Å²) in [5.74, 6) is 0.419. The van der Waals surface area contributed by atoms with Crippen LogP contribution in [0.4, 0.5) is 0 Å². The van der Waals surface area contributed by atoms with Crippen LogP contribution in [0, 0.1) is 5.92 Å². The molecule has 0 rings (SSSR count). The summed E-state index contributed by atoms with van der Waals surface area (Å²) < 4.78 is 0. The van der Waals surface area contributed by atoms with Crippen LogP contribution in [0.5, 0.6) is 0 Å². The molecule has 0 heterocycles. The van der Waals surface area contributed by atoms with E-state index in [2.05, 4.69) is 24.5 Å². The Balaban J connectivity index is 4.01. The summed E-state index contributed by atoms with van der Waals surface area (Å²) in [5, 5.41) is 16.0. The molecule has 0 spiro atoms. The SMILES string of the molecule is CC(C)CNC(=O)C(C)NCC(C)(O)CN(C)C. The molecule has 0 aliphatic rings. The average molecular weight is 259 g/mol. The van der Waals surface area contributed by atoms with Crippen molar-refractivity contribution in [3.63, 3.8) is 0 Å². The van der Waals surface area contributed by atoms with Gasteiger partial charge >= 0.3 is 0 Å². The van der Waals surface area contributed by atoms with E-state index in [1.165, 1.54) is 0 Å². The molecule has 0 aliphatic heterocycles. The van der Waals surface area contributed by atoms with Crippen LogP contribution in [-0.2, 0) is 4.79 Å². The summed E-state index contributed by atoms with van der Waals surface area (Å²) in [7, 11) is 3.82. The van der Waals surface area contributed by atoms with Crippen molar-refractivity contribution >= 4 is 5.91 Å². The summed E-state index contributed by atoms with van der Waals surface area (Å²) in [6.45, 7) is 9.31. The van der Waals surface area contributed by atoms with Gasteiger partial charge in [0.1, 0.15) is 0 Å². The lowest BCUT2D eigenvalue weighted by atomic mass is 10.1. The Labute approximate surface area is 111 Å². The molecule has 5 heteroatoms. The van der Waals surface area contributed by atoms with Gasteiger partial charge < -0.3 is 20.6 Å². The molecule has 1 amide bonds. The highest BCUT2D eigenvalue weighted by molar-refractivity contribution is 5.81. The highest BCUT2D eigenvalue weighted by Gasteiger charge is 2.23. The Bertz CT molecular complexity index is 253. The predicted octanol–water partition coefficient (Wildman–Crippen LogP) is 0.0493. The Morgan fingerprint density at radius 3 is 2.33 bits per heavy atom. The molecule has 0 aromatic rings. The second kappa shape index (κ2) is 7.71. The van der Waals surface area contributed by atoms with Gasteiger partial charge in [-0.3, -0.25) is 4.79 Å². The molecule has 0 bridgehead atoms. The topological polar surface area (TPSA) is 64.6 Å². The minimum absolute atomic E-state index is 0.0237. The van der Waals surface area contributed by atoms with E-state index in [0.717, 1.165) is 0 Å². The number of carbonyl (C=O) groups is 1.